The zero-order valence-electron chi connectivity index (χ0n) is 11.0. The number of carbonyl (C=O) groups is 1. The van der Waals surface area contributed by atoms with Crippen LogP contribution in [0.2, 0.25) is 0 Å². The molecule has 2 rings (SSSR count). The van der Waals surface area contributed by atoms with Crippen LogP contribution in [0, 0.1) is 20.8 Å². The van der Waals surface area contributed by atoms with Gasteiger partial charge in [-0.15, -0.1) is 0 Å². The van der Waals surface area contributed by atoms with Gasteiger partial charge in [0, 0.05) is 18.7 Å². The van der Waals surface area contributed by atoms with E-state index in [1.807, 2.05) is 32.9 Å². The van der Waals surface area contributed by atoms with Crippen LogP contribution in [0.4, 0.5) is 0 Å². The molecule has 0 radical (unpaired) electrons. The van der Waals surface area contributed by atoms with Crippen LogP contribution in [0.5, 0.6) is 0 Å². The molecule has 4 heteroatoms. The molecule has 1 amide bonds. The van der Waals surface area contributed by atoms with E-state index in [0.717, 1.165) is 16.7 Å². The van der Waals surface area contributed by atoms with Crippen LogP contribution >= 0.6 is 0 Å². The molecular formula is C14H19NO3. The molecule has 2 N–H and O–H groups in total. The van der Waals surface area contributed by atoms with Gasteiger partial charge in [-0.2, -0.15) is 0 Å². The predicted octanol–water partition coefficient (Wildman–Crippen LogP) is 0.789. The molecule has 0 saturated carbocycles. The molecule has 0 spiro atoms. The van der Waals surface area contributed by atoms with Crippen molar-refractivity contribution < 1.29 is 15.0 Å². The standard InChI is InChI=1S/C14H19NO3/c1-8-4-9(2)13(10(3)5-8)14(18)15-6-11(16)12(17)7-15/h4-5,11-12,16-17H,6-7H2,1-3H3/t11-,12+. The number of benzene rings is 1. The van der Waals surface area contributed by atoms with Crippen molar-refractivity contribution in [2.24, 2.45) is 0 Å². The summed E-state index contributed by atoms with van der Waals surface area (Å²) in [6, 6.07) is 3.95. The molecule has 1 fully saturated rings. The summed E-state index contributed by atoms with van der Waals surface area (Å²) in [4.78, 5) is 13.9. The number of aliphatic hydroxyl groups excluding tert-OH is 2. The van der Waals surface area contributed by atoms with Crippen molar-refractivity contribution in [1.82, 2.24) is 4.90 Å². The Morgan fingerprint density at radius 3 is 2.00 bits per heavy atom. The lowest BCUT2D eigenvalue weighted by Crippen LogP contribution is -2.31. The maximum atomic E-state index is 12.4. The Morgan fingerprint density at radius 1 is 1.11 bits per heavy atom. The minimum Gasteiger partial charge on any atom is -0.388 e. The van der Waals surface area contributed by atoms with Gasteiger partial charge >= 0.3 is 0 Å². The van der Waals surface area contributed by atoms with Crippen LogP contribution in [0.25, 0.3) is 0 Å². The number of aryl methyl sites for hydroxylation is 3. The third kappa shape index (κ3) is 2.26. The van der Waals surface area contributed by atoms with Gasteiger partial charge in [0.1, 0.15) is 0 Å². The van der Waals surface area contributed by atoms with Crippen LogP contribution in [0.15, 0.2) is 12.1 Å². The molecule has 1 aromatic rings. The first-order valence-corrected chi connectivity index (χ1v) is 6.13. The number of likely N-dealkylation sites (tertiary alicyclic amines) is 1. The highest BCUT2D eigenvalue weighted by molar-refractivity contribution is 5.97. The van der Waals surface area contributed by atoms with E-state index in [4.69, 9.17) is 0 Å². The molecule has 0 bridgehead atoms. The van der Waals surface area contributed by atoms with Crippen LogP contribution in [0.1, 0.15) is 27.0 Å². The number of rotatable bonds is 1. The SMILES string of the molecule is Cc1cc(C)c(C(=O)N2C[C@@H](O)[C@@H](O)C2)c(C)c1. The Bertz CT molecular complexity index is 451. The van der Waals surface area contributed by atoms with E-state index >= 15 is 0 Å². The maximum absolute atomic E-state index is 12.4. The van der Waals surface area contributed by atoms with E-state index in [9.17, 15) is 15.0 Å². The second-order valence-electron chi connectivity index (χ2n) is 5.12. The molecule has 1 saturated heterocycles. The van der Waals surface area contributed by atoms with Crippen LogP contribution in [0.3, 0.4) is 0 Å². The summed E-state index contributed by atoms with van der Waals surface area (Å²) in [5.74, 6) is -0.111. The summed E-state index contributed by atoms with van der Waals surface area (Å²) in [6.45, 7) is 6.23. The molecule has 0 unspecified atom stereocenters. The summed E-state index contributed by atoms with van der Waals surface area (Å²) in [6.07, 6.45) is -1.67. The topological polar surface area (TPSA) is 60.8 Å². The van der Waals surface area contributed by atoms with Gasteiger partial charge in [-0.05, 0) is 31.9 Å². The van der Waals surface area contributed by atoms with Crippen LogP contribution in [-0.4, -0.2) is 46.3 Å². The molecule has 1 aromatic carbocycles. The molecule has 0 aliphatic carbocycles. The number of β-amino-alcohol motifs (C(OH)–C–C–N with tert-alkyl or cyclic N) is 2. The Balaban J connectivity index is 2.30. The molecule has 1 heterocycles. The van der Waals surface area contributed by atoms with E-state index < -0.39 is 12.2 Å². The van der Waals surface area contributed by atoms with Gasteiger partial charge in [0.2, 0.25) is 0 Å². The first kappa shape index (κ1) is 13.1. The molecule has 1 aliphatic rings. The van der Waals surface area contributed by atoms with Gasteiger partial charge in [-0.25, -0.2) is 0 Å². The van der Waals surface area contributed by atoms with Crippen molar-refractivity contribution in [3.8, 4) is 0 Å². The average Bonchev–Trinajstić information content (AvgIpc) is 2.57. The van der Waals surface area contributed by atoms with Crippen molar-refractivity contribution >= 4 is 5.91 Å². The second kappa shape index (κ2) is 4.71. The maximum Gasteiger partial charge on any atom is 0.254 e. The third-order valence-corrected chi connectivity index (χ3v) is 3.44. The number of hydrogen-bond donors (Lipinski definition) is 2. The summed E-state index contributed by atoms with van der Waals surface area (Å²) < 4.78 is 0. The van der Waals surface area contributed by atoms with Gasteiger partial charge < -0.3 is 15.1 Å². The minimum atomic E-state index is -0.833. The van der Waals surface area contributed by atoms with E-state index in [0.29, 0.717) is 5.56 Å². The summed E-state index contributed by atoms with van der Waals surface area (Å²) in [5, 5.41) is 19.0. The van der Waals surface area contributed by atoms with Crippen molar-refractivity contribution in [3.05, 3.63) is 34.4 Å². The highest BCUT2D eigenvalue weighted by Crippen LogP contribution is 2.21. The average molecular weight is 249 g/mol. The number of amides is 1. The van der Waals surface area contributed by atoms with Gasteiger partial charge in [-0.3, -0.25) is 4.79 Å². The molecule has 1 aliphatic heterocycles. The molecular weight excluding hydrogens is 230 g/mol. The molecule has 4 nitrogen and oxygen atoms in total. The number of carbonyl (C=O) groups excluding carboxylic acids is 1. The third-order valence-electron chi connectivity index (χ3n) is 3.44. The van der Waals surface area contributed by atoms with Crippen LogP contribution < -0.4 is 0 Å². The fourth-order valence-electron chi connectivity index (χ4n) is 2.61. The monoisotopic (exact) mass is 249 g/mol. The fourth-order valence-corrected chi connectivity index (χ4v) is 2.61. The number of hydrogen-bond acceptors (Lipinski definition) is 3. The van der Waals surface area contributed by atoms with Gasteiger partial charge in [0.15, 0.2) is 0 Å². The van der Waals surface area contributed by atoms with Gasteiger partial charge in [0.05, 0.1) is 12.2 Å². The molecule has 18 heavy (non-hydrogen) atoms. The van der Waals surface area contributed by atoms with Crippen molar-refractivity contribution in [2.45, 2.75) is 33.0 Å². The minimum absolute atomic E-state index is 0.111. The summed E-state index contributed by atoms with van der Waals surface area (Å²) >= 11 is 0. The highest BCUT2D eigenvalue weighted by Gasteiger charge is 2.33. The van der Waals surface area contributed by atoms with Crippen molar-refractivity contribution in [3.63, 3.8) is 0 Å². The normalized spacial score (nSPS) is 23.5. The fraction of sp³-hybridized carbons (Fsp3) is 0.500. The first-order chi connectivity index (χ1) is 8.40. The quantitative estimate of drug-likeness (QED) is 0.773. The van der Waals surface area contributed by atoms with Gasteiger partial charge in [0.25, 0.3) is 5.91 Å². The second-order valence-corrected chi connectivity index (χ2v) is 5.12. The number of nitrogens with zero attached hydrogens (tertiary/aromatic N) is 1. The van der Waals surface area contributed by atoms with Crippen LogP contribution in [-0.2, 0) is 0 Å². The lowest BCUT2D eigenvalue weighted by Gasteiger charge is -2.19. The zero-order valence-corrected chi connectivity index (χ0v) is 11.0. The molecule has 0 aromatic heterocycles. The first-order valence-electron chi connectivity index (χ1n) is 6.13. The van der Waals surface area contributed by atoms with E-state index in [2.05, 4.69) is 0 Å². The predicted molar refractivity (Wildman–Crippen MR) is 68.6 cm³/mol. The molecule has 98 valence electrons. The Hall–Kier alpha value is -1.39. The van der Waals surface area contributed by atoms with Crippen molar-refractivity contribution in [1.29, 1.82) is 0 Å². The largest absolute Gasteiger partial charge is 0.388 e. The van der Waals surface area contributed by atoms with E-state index in [1.54, 1.807) is 0 Å². The highest BCUT2D eigenvalue weighted by atomic mass is 16.3. The summed E-state index contributed by atoms with van der Waals surface area (Å²) in [7, 11) is 0. The summed E-state index contributed by atoms with van der Waals surface area (Å²) in [5.41, 5.74) is 3.69. The van der Waals surface area contributed by atoms with E-state index in [1.165, 1.54) is 4.90 Å². The lowest BCUT2D eigenvalue weighted by molar-refractivity contribution is 0.0572. The Kier molecular flexibility index (Phi) is 3.41. The zero-order chi connectivity index (χ0) is 13.4. The smallest absolute Gasteiger partial charge is 0.254 e. The van der Waals surface area contributed by atoms with Crippen molar-refractivity contribution in [2.75, 3.05) is 13.1 Å². The van der Waals surface area contributed by atoms with E-state index in [-0.39, 0.29) is 19.0 Å². The molecule has 2 atom stereocenters. The number of aliphatic hydroxyl groups is 2. The Morgan fingerprint density at radius 2 is 1.56 bits per heavy atom. The van der Waals surface area contributed by atoms with Gasteiger partial charge in [-0.1, -0.05) is 17.7 Å². The lowest BCUT2D eigenvalue weighted by atomic mass is 9.99. The Labute approximate surface area is 107 Å².